The number of hydrogen-bond donors (Lipinski definition) is 1. The van der Waals surface area contributed by atoms with Crippen LogP contribution in [-0.4, -0.2) is 34.9 Å². The SMILES string of the molecule is CCC(O)CSC1CCOC1C. The van der Waals surface area contributed by atoms with Gasteiger partial charge in [0.2, 0.25) is 0 Å². The molecule has 1 aliphatic rings. The highest BCUT2D eigenvalue weighted by atomic mass is 32.2. The van der Waals surface area contributed by atoms with E-state index in [1.807, 2.05) is 18.7 Å². The molecule has 0 aromatic carbocycles. The van der Waals surface area contributed by atoms with Crippen LogP contribution in [0.2, 0.25) is 0 Å². The molecule has 0 spiro atoms. The van der Waals surface area contributed by atoms with Crippen molar-refractivity contribution in [3.05, 3.63) is 0 Å². The van der Waals surface area contributed by atoms with E-state index in [1.54, 1.807) is 0 Å². The van der Waals surface area contributed by atoms with Gasteiger partial charge in [0.1, 0.15) is 0 Å². The van der Waals surface area contributed by atoms with E-state index in [9.17, 15) is 5.11 Å². The Balaban J connectivity index is 2.13. The van der Waals surface area contributed by atoms with Crippen molar-refractivity contribution in [1.82, 2.24) is 0 Å². The minimum Gasteiger partial charge on any atom is -0.392 e. The largest absolute Gasteiger partial charge is 0.392 e. The van der Waals surface area contributed by atoms with Crippen molar-refractivity contribution in [3.63, 3.8) is 0 Å². The number of aliphatic hydroxyl groups excluding tert-OH is 1. The summed E-state index contributed by atoms with van der Waals surface area (Å²) >= 11 is 1.85. The predicted octanol–water partition coefficient (Wildman–Crippen LogP) is 1.67. The fourth-order valence-electron chi connectivity index (χ4n) is 1.28. The fourth-order valence-corrected chi connectivity index (χ4v) is 2.60. The second-order valence-electron chi connectivity index (χ2n) is 3.30. The second-order valence-corrected chi connectivity index (χ2v) is 4.57. The van der Waals surface area contributed by atoms with Gasteiger partial charge in [-0.1, -0.05) is 6.92 Å². The summed E-state index contributed by atoms with van der Waals surface area (Å²) in [5.74, 6) is 0.856. The van der Waals surface area contributed by atoms with Gasteiger partial charge >= 0.3 is 0 Å². The molecule has 0 bridgehead atoms. The molecule has 3 heteroatoms. The molecule has 72 valence electrons. The molecule has 1 aliphatic heterocycles. The van der Waals surface area contributed by atoms with Crippen LogP contribution in [0.5, 0.6) is 0 Å². The molecule has 2 nitrogen and oxygen atoms in total. The summed E-state index contributed by atoms with van der Waals surface area (Å²) in [5.41, 5.74) is 0. The first-order valence-corrected chi connectivity index (χ1v) is 5.70. The van der Waals surface area contributed by atoms with Gasteiger partial charge in [0.05, 0.1) is 12.2 Å². The van der Waals surface area contributed by atoms with E-state index < -0.39 is 0 Å². The minimum absolute atomic E-state index is 0.136. The van der Waals surface area contributed by atoms with Gasteiger partial charge < -0.3 is 9.84 Å². The third-order valence-corrected chi connectivity index (χ3v) is 3.90. The van der Waals surface area contributed by atoms with Crippen molar-refractivity contribution in [1.29, 1.82) is 0 Å². The van der Waals surface area contributed by atoms with Crippen LogP contribution in [0.3, 0.4) is 0 Å². The zero-order valence-corrected chi connectivity index (χ0v) is 8.64. The van der Waals surface area contributed by atoms with Crippen molar-refractivity contribution in [2.24, 2.45) is 0 Å². The molecule has 0 aromatic rings. The Kier molecular flexibility index (Phi) is 4.40. The lowest BCUT2D eigenvalue weighted by atomic mass is 10.3. The summed E-state index contributed by atoms with van der Waals surface area (Å²) in [5, 5.41) is 9.95. The van der Waals surface area contributed by atoms with Crippen molar-refractivity contribution in [2.45, 2.75) is 44.1 Å². The maximum Gasteiger partial charge on any atom is 0.0666 e. The van der Waals surface area contributed by atoms with Gasteiger partial charge in [0.15, 0.2) is 0 Å². The molecule has 3 unspecified atom stereocenters. The second kappa shape index (κ2) is 5.10. The Labute approximate surface area is 78.7 Å². The highest BCUT2D eigenvalue weighted by Gasteiger charge is 2.24. The molecular formula is C9H18O2S. The minimum atomic E-state index is -0.136. The molecule has 1 heterocycles. The van der Waals surface area contributed by atoms with E-state index in [4.69, 9.17) is 4.74 Å². The quantitative estimate of drug-likeness (QED) is 0.731. The Bertz CT molecular complexity index is 130. The first-order valence-electron chi connectivity index (χ1n) is 4.65. The van der Waals surface area contributed by atoms with E-state index in [0.29, 0.717) is 11.4 Å². The molecular weight excluding hydrogens is 172 g/mol. The lowest BCUT2D eigenvalue weighted by Gasteiger charge is -2.15. The smallest absolute Gasteiger partial charge is 0.0666 e. The Morgan fingerprint density at radius 1 is 1.67 bits per heavy atom. The zero-order chi connectivity index (χ0) is 8.97. The van der Waals surface area contributed by atoms with Crippen molar-refractivity contribution in [2.75, 3.05) is 12.4 Å². The van der Waals surface area contributed by atoms with Crippen LogP contribution in [0.1, 0.15) is 26.7 Å². The molecule has 1 saturated heterocycles. The zero-order valence-electron chi connectivity index (χ0n) is 7.82. The Morgan fingerprint density at radius 3 is 2.92 bits per heavy atom. The number of thioether (sulfide) groups is 1. The molecule has 0 radical (unpaired) electrons. The fraction of sp³-hybridized carbons (Fsp3) is 1.00. The van der Waals surface area contributed by atoms with Crippen LogP contribution in [-0.2, 0) is 4.74 Å². The third kappa shape index (κ3) is 2.96. The highest BCUT2D eigenvalue weighted by molar-refractivity contribution is 8.00. The molecule has 1 N–H and O–H groups in total. The van der Waals surface area contributed by atoms with Gasteiger partial charge in [-0.05, 0) is 19.8 Å². The number of ether oxygens (including phenoxy) is 1. The first-order chi connectivity index (χ1) is 5.74. The molecule has 0 saturated carbocycles. The summed E-state index contributed by atoms with van der Waals surface area (Å²) in [4.78, 5) is 0. The maximum atomic E-state index is 9.34. The number of hydrogen-bond acceptors (Lipinski definition) is 3. The molecule has 12 heavy (non-hydrogen) atoms. The van der Waals surface area contributed by atoms with E-state index in [1.165, 1.54) is 0 Å². The topological polar surface area (TPSA) is 29.5 Å². The van der Waals surface area contributed by atoms with E-state index in [-0.39, 0.29) is 6.10 Å². The lowest BCUT2D eigenvalue weighted by molar-refractivity contribution is 0.127. The van der Waals surface area contributed by atoms with Gasteiger partial charge in [-0.25, -0.2) is 0 Å². The maximum absolute atomic E-state index is 9.34. The van der Waals surface area contributed by atoms with Crippen LogP contribution in [0, 0.1) is 0 Å². The Morgan fingerprint density at radius 2 is 2.42 bits per heavy atom. The average molecular weight is 190 g/mol. The van der Waals surface area contributed by atoms with Gasteiger partial charge in [0, 0.05) is 17.6 Å². The number of aliphatic hydroxyl groups is 1. The molecule has 0 aliphatic carbocycles. The Hall–Kier alpha value is 0.270. The first kappa shape index (κ1) is 10.4. The highest BCUT2D eigenvalue weighted by Crippen LogP contribution is 2.26. The van der Waals surface area contributed by atoms with Crippen LogP contribution in [0.25, 0.3) is 0 Å². The van der Waals surface area contributed by atoms with Gasteiger partial charge in [-0.3, -0.25) is 0 Å². The van der Waals surface area contributed by atoms with E-state index in [2.05, 4.69) is 6.92 Å². The molecule has 3 atom stereocenters. The van der Waals surface area contributed by atoms with Crippen LogP contribution >= 0.6 is 11.8 Å². The molecule has 0 aromatic heterocycles. The normalized spacial score (nSPS) is 32.2. The molecule has 1 rings (SSSR count). The molecule has 0 amide bonds. The van der Waals surface area contributed by atoms with E-state index in [0.717, 1.165) is 25.2 Å². The summed E-state index contributed by atoms with van der Waals surface area (Å²) in [6, 6.07) is 0. The number of rotatable bonds is 4. The standard InChI is InChI=1S/C9H18O2S/c1-3-8(10)6-12-9-4-5-11-7(9)2/h7-10H,3-6H2,1-2H3. The lowest BCUT2D eigenvalue weighted by Crippen LogP contribution is -2.17. The monoisotopic (exact) mass is 190 g/mol. The van der Waals surface area contributed by atoms with Gasteiger partial charge in [0.25, 0.3) is 0 Å². The van der Waals surface area contributed by atoms with Crippen molar-refractivity contribution in [3.8, 4) is 0 Å². The summed E-state index contributed by atoms with van der Waals surface area (Å²) in [6.45, 7) is 5.02. The van der Waals surface area contributed by atoms with Gasteiger partial charge in [-0.15, -0.1) is 0 Å². The van der Waals surface area contributed by atoms with Crippen molar-refractivity contribution < 1.29 is 9.84 Å². The molecule has 1 fully saturated rings. The van der Waals surface area contributed by atoms with E-state index >= 15 is 0 Å². The van der Waals surface area contributed by atoms with Crippen LogP contribution in [0.15, 0.2) is 0 Å². The predicted molar refractivity (Wildman–Crippen MR) is 52.6 cm³/mol. The van der Waals surface area contributed by atoms with Crippen molar-refractivity contribution >= 4 is 11.8 Å². The van der Waals surface area contributed by atoms with Gasteiger partial charge in [-0.2, -0.15) is 11.8 Å². The third-order valence-electron chi connectivity index (χ3n) is 2.28. The van der Waals surface area contributed by atoms with Crippen LogP contribution < -0.4 is 0 Å². The average Bonchev–Trinajstić information content (AvgIpc) is 2.47. The summed E-state index contributed by atoms with van der Waals surface area (Å²) in [6.07, 6.45) is 2.24. The summed E-state index contributed by atoms with van der Waals surface area (Å²) in [7, 11) is 0. The summed E-state index contributed by atoms with van der Waals surface area (Å²) < 4.78 is 5.43. The van der Waals surface area contributed by atoms with Crippen LogP contribution in [0.4, 0.5) is 0 Å².